The summed E-state index contributed by atoms with van der Waals surface area (Å²) in [4.78, 5) is 25.7. The van der Waals surface area contributed by atoms with Crippen LogP contribution < -0.4 is 10.1 Å². The number of anilines is 1. The van der Waals surface area contributed by atoms with E-state index in [0.717, 1.165) is 0 Å². The Hall–Kier alpha value is -2.06. The van der Waals surface area contributed by atoms with E-state index in [2.05, 4.69) is 21.2 Å². The molecule has 0 unspecified atom stereocenters. The zero-order chi connectivity index (χ0) is 17.0. The molecule has 2 rings (SSSR count). The minimum absolute atomic E-state index is 0.0932. The minimum atomic E-state index is -0.583. The summed E-state index contributed by atoms with van der Waals surface area (Å²) in [5.41, 5.74) is 0.944. The monoisotopic (exact) mass is 384 g/mol. The fraction of sp³-hybridized carbons (Fsp3) is 0.333. The molecule has 1 heterocycles. The topological polar surface area (TPSA) is 88.1 Å². The molecule has 0 bridgehead atoms. The summed E-state index contributed by atoms with van der Waals surface area (Å²) >= 11 is 3.39. The standard InChI is InChI=1S/C15H17BrN2O5/c1-22-9-3-4-11(16)12(7-9)17-13-10(15(21)23-2)8-18(5-6-19)14(13)20/h3-4,7,17,19H,5-6,8H2,1-2H3. The Bertz CT molecular complexity index is 659. The molecule has 1 aromatic rings. The third kappa shape index (κ3) is 3.65. The largest absolute Gasteiger partial charge is 0.497 e. The van der Waals surface area contributed by atoms with Gasteiger partial charge in [0.05, 0.1) is 38.6 Å². The van der Waals surface area contributed by atoms with E-state index in [-0.39, 0.29) is 36.9 Å². The van der Waals surface area contributed by atoms with Crippen molar-refractivity contribution in [2.24, 2.45) is 0 Å². The van der Waals surface area contributed by atoms with E-state index in [4.69, 9.17) is 14.6 Å². The molecule has 1 amide bonds. The summed E-state index contributed by atoms with van der Waals surface area (Å²) in [7, 11) is 2.80. The molecule has 1 aliphatic rings. The van der Waals surface area contributed by atoms with Gasteiger partial charge in [-0.25, -0.2) is 4.79 Å². The van der Waals surface area contributed by atoms with Gasteiger partial charge in [0, 0.05) is 17.1 Å². The van der Waals surface area contributed by atoms with Gasteiger partial charge in [0.2, 0.25) is 0 Å². The Morgan fingerprint density at radius 1 is 1.43 bits per heavy atom. The molecule has 23 heavy (non-hydrogen) atoms. The Labute approximate surface area is 142 Å². The van der Waals surface area contributed by atoms with E-state index in [0.29, 0.717) is 15.9 Å². The molecule has 0 aliphatic carbocycles. The Kier molecular flexibility index (Phi) is 5.62. The summed E-state index contributed by atoms with van der Waals surface area (Å²) in [6, 6.07) is 5.23. The maximum Gasteiger partial charge on any atom is 0.337 e. The summed E-state index contributed by atoms with van der Waals surface area (Å²) in [6.07, 6.45) is 0. The molecular weight excluding hydrogens is 368 g/mol. The molecule has 0 saturated heterocycles. The number of nitrogens with one attached hydrogen (secondary N) is 1. The number of benzene rings is 1. The highest BCUT2D eigenvalue weighted by molar-refractivity contribution is 9.10. The first-order valence-corrected chi connectivity index (χ1v) is 7.63. The van der Waals surface area contributed by atoms with E-state index < -0.39 is 5.97 Å². The minimum Gasteiger partial charge on any atom is -0.497 e. The molecule has 1 aliphatic heterocycles. The van der Waals surface area contributed by atoms with Crippen molar-refractivity contribution in [3.8, 4) is 5.75 Å². The average molecular weight is 385 g/mol. The zero-order valence-corrected chi connectivity index (χ0v) is 14.3. The van der Waals surface area contributed by atoms with Gasteiger partial charge in [0.25, 0.3) is 5.91 Å². The van der Waals surface area contributed by atoms with Crippen LogP contribution in [-0.2, 0) is 14.3 Å². The lowest BCUT2D eigenvalue weighted by Crippen LogP contribution is -2.31. The second-order valence-electron chi connectivity index (χ2n) is 4.77. The number of hydrogen-bond donors (Lipinski definition) is 2. The van der Waals surface area contributed by atoms with E-state index in [1.54, 1.807) is 18.2 Å². The van der Waals surface area contributed by atoms with Crippen molar-refractivity contribution in [3.63, 3.8) is 0 Å². The number of amides is 1. The number of esters is 1. The number of halogens is 1. The van der Waals surface area contributed by atoms with Crippen molar-refractivity contribution in [2.45, 2.75) is 0 Å². The number of ether oxygens (including phenoxy) is 2. The van der Waals surface area contributed by atoms with Crippen LogP contribution in [0, 0.1) is 0 Å². The van der Waals surface area contributed by atoms with Gasteiger partial charge in [-0.15, -0.1) is 0 Å². The Morgan fingerprint density at radius 3 is 2.78 bits per heavy atom. The van der Waals surface area contributed by atoms with Crippen molar-refractivity contribution >= 4 is 33.5 Å². The van der Waals surface area contributed by atoms with Gasteiger partial charge in [-0.3, -0.25) is 4.79 Å². The van der Waals surface area contributed by atoms with Gasteiger partial charge in [0.1, 0.15) is 11.4 Å². The summed E-state index contributed by atoms with van der Waals surface area (Å²) < 4.78 is 10.6. The maximum atomic E-state index is 12.4. The third-order valence-corrected chi connectivity index (χ3v) is 4.08. The molecule has 7 nitrogen and oxygen atoms in total. The van der Waals surface area contributed by atoms with Gasteiger partial charge in [0.15, 0.2) is 0 Å². The molecule has 0 fully saturated rings. The molecule has 0 atom stereocenters. The van der Waals surface area contributed by atoms with Crippen molar-refractivity contribution in [1.29, 1.82) is 0 Å². The van der Waals surface area contributed by atoms with Gasteiger partial charge in [-0.2, -0.15) is 0 Å². The highest BCUT2D eigenvalue weighted by Crippen LogP contribution is 2.30. The van der Waals surface area contributed by atoms with E-state index in [1.807, 2.05) is 0 Å². The smallest absolute Gasteiger partial charge is 0.337 e. The van der Waals surface area contributed by atoms with Gasteiger partial charge >= 0.3 is 5.97 Å². The van der Waals surface area contributed by atoms with Crippen LogP contribution in [0.1, 0.15) is 0 Å². The number of aliphatic hydroxyl groups excluding tert-OH is 1. The quantitative estimate of drug-likeness (QED) is 0.714. The number of carbonyl (C=O) groups excluding carboxylic acids is 2. The molecule has 0 radical (unpaired) electrons. The number of nitrogens with zero attached hydrogens (tertiary/aromatic N) is 1. The molecule has 8 heteroatoms. The van der Waals surface area contributed by atoms with Crippen molar-refractivity contribution in [2.75, 3.05) is 39.2 Å². The number of aliphatic hydroxyl groups is 1. The summed E-state index contributed by atoms with van der Waals surface area (Å²) in [5, 5.41) is 12.0. The van der Waals surface area contributed by atoms with Gasteiger partial charge in [-0.05, 0) is 28.1 Å². The van der Waals surface area contributed by atoms with Crippen LogP contribution in [0.4, 0.5) is 5.69 Å². The second kappa shape index (κ2) is 7.47. The van der Waals surface area contributed by atoms with Gasteiger partial charge in [-0.1, -0.05) is 0 Å². The van der Waals surface area contributed by atoms with Crippen molar-refractivity contribution < 1.29 is 24.2 Å². The number of methoxy groups -OCH3 is 2. The van der Waals surface area contributed by atoms with Crippen LogP contribution in [0.25, 0.3) is 0 Å². The zero-order valence-electron chi connectivity index (χ0n) is 12.8. The van der Waals surface area contributed by atoms with Crippen LogP contribution in [0.2, 0.25) is 0 Å². The molecule has 0 spiro atoms. The third-order valence-electron chi connectivity index (χ3n) is 3.39. The first-order chi connectivity index (χ1) is 11.0. The predicted octanol–water partition coefficient (Wildman–Crippen LogP) is 1.13. The molecule has 0 saturated carbocycles. The van der Waals surface area contributed by atoms with E-state index in [1.165, 1.54) is 19.1 Å². The molecule has 124 valence electrons. The van der Waals surface area contributed by atoms with Crippen molar-refractivity contribution in [1.82, 2.24) is 4.90 Å². The average Bonchev–Trinajstić information content (AvgIpc) is 2.86. The normalized spacial score (nSPS) is 14.3. The van der Waals surface area contributed by atoms with E-state index >= 15 is 0 Å². The molecule has 2 N–H and O–H groups in total. The second-order valence-corrected chi connectivity index (χ2v) is 5.62. The van der Waals surface area contributed by atoms with Crippen LogP contribution in [0.5, 0.6) is 5.75 Å². The number of β-amino-alcohol motifs (C(OH)–C–C–N with tert-alkyl or cyclic N) is 1. The molecule has 1 aromatic carbocycles. The molecular formula is C15H17BrN2O5. The fourth-order valence-electron chi connectivity index (χ4n) is 2.21. The van der Waals surface area contributed by atoms with Crippen LogP contribution in [0.3, 0.4) is 0 Å². The van der Waals surface area contributed by atoms with E-state index in [9.17, 15) is 9.59 Å². The predicted molar refractivity (Wildman–Crippen MR) is 87.0 cm³/mol. The van der Waals surface area contributed by atoms with Crippen LogP contribution >= 0.6 is 15.9 Å². The highest BCUT2D eigenvalue weighted by Gasteiger charge is 2.34. The van der Waals surface area contributed by atoms with Crippen molar-refractivity contribution in [3.05, 3.63) is 33.9 Å². The first-order valence-electron chi connectivity index (χ1n) is 6.84. The number of rotatable bonds is 6. The number of hydrogen-bond acceptors (Lipinski definition) is 6. The maximum absolute atomic E-state index is 12.4. The summed E-state index contributed by atoms with van der Waals surface area (Å²) in [6.45, 7) is 0.0517. The number of carbonyl (C=O) groups is 2. The lowest BCUT2D eigenvalue weighted by atomic mass is 10.2. The lowest BCUT2D eigenvalue weighted by molar-refractivity contribution is -0.136. The van der Waals surface area contributed by atoms with Crippen LogP contribution in [-0.4, -0.2) is 55.8 Å². The van der Waals surface area contributed by atoms with Crippen LogP contribution in [0.15, 0.2) is 33.9 Å². The molecule has 0 aromatic heterocycles. The van der Waals surface area contributed by atoms with Gasteiger partial charge < -0.3 is 24.8 Å². The first kappa shape index (κ1) is 17.3. The Morgan fingerprint density at radius 2 is 2.17 bits per heavy atom. The Balaban J connectivity index is 2.37. The fourth-order valence-corrected chi connectivity index (χ4v) is 2.56. The highest BCUT2D eigenvalue weighted by atomic mass is 79.9. The lowest BCUT2D eigenvalue weighted by Gasteiger charge is -2.15. The summed E-state index contributed by atoms with van der Waals surface area (Å²) in [5.74, 6) is -0.344. The SMILES string of the molecule is COC(=O)C1=C(Nc2cc(OC)ccc2Br)C(=O)N(CCO)C1.